The molecule has 1 atom stereocenters. The van der Waals surface area contributed by atoms with Crippen molar-refractivity contribution in [3.05, 3.63) is 48.0 Å². The van der Waals surface area contributed by atoms with Crippen molar-refractivity contribution in [2.24, 2.45) is 0 Å². The molecule has 0 spiro atoms. The number of ether oxygens (including phenoxy) is 1. The summed E-state index contributed by atoms with van der Waals surface area (Å²) in [5, 5.41) is 12.0. The Labute approximate surface area is 117 Å². The third-order valence-electron chi connectivity index (χ3n) is 3.36. The first-order chi connectivity index (χ1) is 9.63. The average molecular weight is 269 g/mol. The lowest BCUT2D eigenvalue weighted by Crippen LogP contribution is -2.38. The summed E-state index contributed by atoms with van der Waals surface area (Å²) in [5.41, 5.74) is 4.05. The van der Waals surface area contributed by atoms with Crippen molar-refractivity contribution >= 4 is 11.7 Å². The highest BCUT2D eigenvalue weighted by molar-refractivity contribution is 5.81. The largest absolute Gasteiger partial charge is 0.489 e. The molecule has 0 amide bonds. The van der Waals surface area contributed by atoms with E-state index in [1.54, 1.807) is 0 Å². The smallest absolute Gasteiger partial charge is 0.329 e. The van der Waals surface area contributed by atoms with E-state index in [1.165, 1.54) is 5.56 Å². The topological polar surface area (TPSA) is 58.6 Å². The zero-order valence-electron chi connectivity index (χ0n) is 11.1. The predicted octanol–water partition coefficient (Wildman–Crippen LogP) is 2.92. The Morgan fingerprint density at radius 3 is 2.80 bits per heavy atom. The maximum absolute atomic E-state index is 11.0. The molecule has 3 rings (SSSR count). The van der Waals surface area contributed by atoms with E-state index in [2.05, 4.69) is 11.4 Å². The minimum atomic E-state index is -0.906. The summed E-state index contributed by atoms with van der Waals surface area (Å²) in [5.74, 6) is -0.212. The summed E-state index contributed by atoms with van der Waals surface area (Å²) >= 11 is 0. The third-order valence-corrected chi connectivity index (χ3v) is 3.36. The van der Waals surface area contributed by atoms with Crippen LogP contribution in [0.3, 0.4) is 0 Å². The molecule has 0 aromatic heterocycles. The Morgan fingerprint density at radius 1 is 1.25 bits per heavy atom. The van der Waals surface area contributed by atoms with Crippen LogP contribution >= 0.6 is 0 Å². The second-order valence-corrected chi connectivity index (χ2v) is 4.93. The number of carboxylic acid groups (broad SMARTS) is 1. The molecule has 0 aliphatic carbocycles. The molecule has 0 saturated carbocycles. The first-order valence-electron chi connectivity index (χ1n) is 6.47. The Morgan fingerprint density at radius 2 is 2.05 bits per heavy atom. The van der Waals surface area contributed by atoms with Crippen LogP contribution < -0.4 is 10.1 Å². The van der Waals surface area contributed by atoms with Crippen molar-refractivity contribution in [2.75, 3.05) is 11.9 Å². The monoisotopic (exact) mass is 269 g/mol. The van der Waals surface area contributed by atoms with Crippen LogP contribution in [0.1, 0.15) is 5.56 Å². The minimum absolute atomic E-state index is 0.145. The molecular formula is C16H15NO3. The first kappa shape index (κ1) is 12.5. The van der Waals surface area contributed by atoms with Crippen molar-refractivity contribution in [3.8, 4) is 16.9 Å². The fourth-order valence-corrected chi connectivity index (χ4v) is 2.31. The molecule has 0 saturated heterocycles. The second kappa shape index (κ2) is 4.89. The van der Waals surface area contributed by atoms with Gasteiger partial charge >= 0.3 is 5.97 Å². The molecule has 2 N–H and O–H groups in total. The molecule has 2 aromatic carbocycles. The number of hydrogen-bond acceptors (Lipinski definition) is 3. The molecule has 4 nitrogen and oxygen atoms in total. The van der Waals surface area contributed by atoms with Gasteiger partial charge in [-0.25, -0.2) is 4.79 Å². The van der Waals surface area contributed by atoms with Gasteiger partial charge in [0.05, 0.1) is 5.69 Å². The van der Waals surface area contributed by atoms with E-state index >= 15 is 0 Å². The zero-order valence-corrected chi connectivity index (χ0v) is 11.1. The molecule has 20 heavy (non-hydrogen) atoms. The maximum Gasteiger partial charge on any atom is 0.329 e. The highest BCUT2D eigenvalue weighted by atomic mass is 16.5. The van der Waals surface area contributed by atoms with Crippen LogP contribution in [0.15, 0.2) is 42.5 Å². The molecule has 0 radical (unpaired) electrons. The third kappa shape index (κ3) is 2.32. The first-order valence-corrected chi connectivity index (χ1v) is 6.47. The van der Waals surface area contributed by atoms with E-state index in [0.29, 0.717) is 5.75 Å². The van der Waals surface area contributed by atoms with Gasteiger partial charge < -0.3 is 15.2 Å². The SMILES string of the molecule is Cc1cccc(-c2ccc3c(c2)NC(C(=O)O)CO3)c1. The van der Waals surface area contributed by atoms with Gasteiger partial charge in [-0.1, -0.05) is 35.9 Å². The van der Waals surface area contributed by atoms with Crippen LogP contribution in [0.4, 0.5) is 5.69 Å². The molecule has 102 valence electrons. The number of benzene rings is 2. The van der Waals surface area contributed by atoms with Gasteiger partial charge in [-0.3, -0.25) is 0 Å². The lowest BCUT2D eigenvalue weighted by molar-refractivity contribution is -0.138. The van der Waals surface area contributed by atoms with E-state index in [0.717, 1.165) is 16.8 Å². The summed E-state index contributed by atoms with van der Waals surface area (Å²) in [7, 11) is 0. The van der Waals surface area contributed by atoms with Gasteiger partial charge in [-0.15, -0.1) is 0 Å². The number of anilines is 1. The Kier molecular flexibility index (Phi) is 3.06. The van der Waals surface area contributed by atoms with Gasteiger partial charge in [0, 0.05) is 0 Å². The van der Waals surface area contributed by atoms with Crippen molar-refractivity contribution in [2.45, 2.75) is 13.0 Å². The highest BCUT2D eigenvalue weighted by Crippen LogP contribution is 2.33. The highest BCUT2D eigenvalue weighted by Gasteiger charge is 2.24. The molecule has 1 unspecified atom stereocenters. The van der Waals surface area contributed by atoms with Crippen LogP contribution in [0, 0.1) is 6.92 Å². The number of hydrogen-bond donors (Lipinski definition) is 2. The van der Waals surface area contributed by atoms with Crippen molar-refractivity contribution in [1.82, 2.24) is 0 Å². The zero-order chi connectivity index (χ0) is 14.1. The fourth-order valence-electron chi connectivity index (χ4n) is 2.31. The lowest BCUT2D eigenvalue weighted by Gasteiger charge is -2.25. The Hall–Kier alpha value is -2.49. The number of nitrogens with one attached hydrogen (secondary N) is 1. The van der Waals surface area contributed by atoms with Gasteiger partial charge in [0.25, 0.3) is 0 Å². The minimum Gasteiger partial charge on any atom is -0.489 e. The summed E-state index contributed by atoms with van der Waals surface area (Å²) in [6.45, 7) is 2.19. The van der Waals surface area contributed by atoms with Crippen LogP contribution in [0.2, 0.25) is 0 Å². The predicted molar refractivity (Wildman–Crippen MR) is 77.2 cm³/mol. The second-order valence-electron chi connectivity index (χ2n) is 4.93. The lowest BCUT2D eigenvalue weighted by atomic mass is 10.0. The quantitative estimate of drug-likeness (QED) is 0.880. The molecular weight excluding hydrogens is 254 g/mol. The molecule has 1 aliphatic rings. The van der Waals surface area contributed by atoms with E-state index < -0.39 is 12.0 Å². The molecule has 1 aliphatic heterocycles. The van der Waals surface area contributed by atoms with Gasteiger partial charge in [0.1, 0.15) is 12.4 Å². The van der Waals surface area contributed by atoms with Crippen LogP contribution in [0.5, 0.6) is 5.75 Å². The number of rotatable bonds is 2. The van der Waals surface area contributed by atoms with E-state index in [9.17, 15) is 4.79 Å². The molecule has 4 heteroatoms. The van der Waals surface area contributed by atoms with Crippen LogP contribution in [0.25, 0.3) is 11.1 Å². The fraction of sp³-hybridized carbons (Fsp3) is 0.188. The van der Waals surface area contributed by atoms with Gasteiger partial charge in [0.2, 0.25) is 0 Å². The van der Waals surface area contributed by atoms with Gasteiger partial charge in [-0.05, 0) is 30.2 Å². The average Bonchev–Trinajstić information content (AvgIpc) is 2.46. The van der Waals surface area contributed by atoms with Crippen molar-refractivity contribution < 1.29 is 14.6 Å². The maximum atomic E-state index is 11.0. The van der Waals surface area contributed by atoms with Gasteiger partial charge in [0.15, 0.2) is 6.04 Å². The molecule has 0 bridgehead atoms. The molecule has 2 aromatic rings. The number of carboxylic acids is 1. The van der Waals surface area contributed by atoms with E-state index in [1.807, 2.05) is 43.3 Å². The van der Waals surface area contributed by atoms with E-state index in [-0.39, 0.29) is 6.61 Å². The van der Waals surface area contributed by atoms with E-state index in [4.69, 9.17) is 9.84 Å². The summed E-state index contributed by atoms with van der Waals surface area (Å²) < 4.78 is 5.47. The number of aryl methyl sites for hydroxylation is 1. The Bertz CT molecular complexity index is 667. The van der Waals surface area contributed by atoms with Crippen LogP contribution in [-0.2, 0) is 4.79 Å². The normalized spacial score (nSPS) is 16.8. The number of fused-ring (bicyclic) bond motifs is 1. The number of aliphatic carboxylic acids is 1. The summed E-state index contributed by atoms with van der Waals surface area (Å²) in [4.78, 5) is 11.0. The number of carbonyl (C=O) groups is 1. The molecule has 1 heterocycles. The standard InChI is InChI=1S/C16H15NO3/c1-10-3-2-4-11(7-10)12-5-6-15-13(8-12)17-14(9-20-15)16(18)19/h2-8,14,17H,9H2,1H3,(H,18,19). The molecule has 0 fully saturated rings. The Balaban J connectivity index is 1.97. The van der Waals surface area contributed by atoms with Gasteiger partial charge in [-0.2, -0.15) is 0 Å². The van der Waals surface area contributed by atoms with Crippen molar-refractivity contribution in [3.63, 3.8) is 0 Å². The summed E-state index contributed by atoms with van der Waals surface area (Å²) in [6, 6.07) is 13.3. The summed E-state index contributed by atoms with van der Waals surface area (Å²) in [6.07, 6.45) is 0. The van der Waals surface area contributed by atoms with Crippen LogP contribution in [-0.4, -0.2) is 23.7 Å². The van der Waals surface area contributed by atoms with Crippen molar-refractivity contribution in [1.29, 1.82) is 0 Å².